The number of hydrogen-bond donors (Lipinski definition) is 2. The summed E-state index contributed by atoms with van der Waals surface area (Å²) in [5, 5.41) is 24.4. The number of anilines is 1. The lowest BCUT2D eigenvalue weighted by atomic mass is 10.1. The third-order valence-corrected chi connectivity index (χ3v) is 3.54. The summed E-state index contributed by atoms with van der Waals surface area (Å²) in [5.74, 6) is -0.163. The molecule has 110 valence electrons. The highest BCUT2D eigenvalue weighted by atomic mass is 35.5. The second-order valence-electron chi connectivity index (χ2n) is 4.49. The van der Waals surface area contributed by atoms with E-state index in [1.54, 1.807) is 18.2 Å². The van der Waals surface area contributed by atoms with Crippen LogP contribution < -0.4 is 5.32 Å². The Labute approximate surface area is 131 Å². The highest BCUT2D eigenvalue weighted by Crippen LogP contribution is 2.33. The number of aromatic hydroxyl groups is 1. The summed E-state index contributed by atoms with van der Waals surface area (Å²) in [5.41, 5.74) is 0.867. The zero-order valence-electron chi connectivity index (χ0n) is 11.0. The quantitative estimate of drug-likeness (QED) is 0.481. The predicted molar refractivity (Wildman–Crippen MR) is 83.3 cm³/mol. The van der Waals surface area contributed by atoms with E-state index in [0.29, 0.717) is 15.7 Å². The number of nitrogens with zero attached hydrogens (tertiary/aromatic N) is 1. The van der Waals surface area contributed by atoms with Crippen molar-refractivity contribution in [3.05, 3.63) is 62.1 Å². The molecule has 2 aromatic rings. The molecule has 0 spiro atoms. The Morgan fingerprint density at radius 3 is 2.57 bits per heavy atom. The van der Waals surface area contributed by atoms with Gasteiger partial charge in [0.2, 0.25) is 0 Å². The first-order valence-electron chi connectivity index (χ1n) is 6.07. The first kappa shape index (κ1) is 15.4. The summed E-state index contributed by atoms with van der Waals surface area (Å²) in [4.78, 5) is 10.5. The molecule has 0 heterocycles. The van der Waals surface area contributed by atoms with Crippen LogP contribution >= 0.6 is 23.2 Å². The lowest BCUT2D eigenvalue weighted by molar-refractivity contribution is -0.384. The number of phenols is 1. The van der Waals surface area contributed by atoms with Crippen molar-refractivity contribution in [3.63, 3.8) is 0 Å². The normalized spacial score (nSPS) is 12.0. The van der Waals surface area contributed by atoms with E-state index in [0.717, 1.165) is 11.6 Å². The average Bonchev–Trinajstić information content (AvgIpc) is 2.40. The standard InChI is InChI=1S/C14H12Cl2N2O3/c1-8(11-4-2-9(15)6-12(11)16)17-13-5-3-10(19)7-14(13)18(20)21/h2-8,17,19H,1H3. The average molecular weight is 327 g/mol. The van der Waals surface area contributed by atoms with E-state index in [4.69, 9.17) is 23.2 Å². The molecule has 0 saturated heterocycles. The highest BCUT2D eigenvalue weighted by Gasteiger charge is 2.18. The molecule has 2 N–H and O–H groups in total. The largest absolute Gasteiger partial charge is 0.508 e. The molecule has 2 rings (SSSR count). The van der Waals surface area contributed by atoms with E-state index in [1.807, 2.05) is 6.92 Å². The van der Waals surface area contributed by atoms with Crippen molar-refractivity contribution < 1.29 is 10.0 Å². The molecule has 0 bridgehead atoms. The lowest BCUT2D eigenvalue weighted by Gasteiger charge is -2.17. The molecule has 7 heteroatoms. The van der Waals surface area contributed by atoms with Crippen molar-refractivity contribution in [1.82, 2.24) is 0 Å². The summed E-state index contributed by atoms with van der Waals surface area (Å²) in [6.07, 6.45) is 0. The molecule has 1 atom stereocenters. The monoisotopic (exact) mass is 326 g/mol. The predicted octanol–water partition coefficient (Wildman–Crippen LogP) is 4.78. The van der Waals surface area contributed by atoms with E-state index in [9.17, 15) is 15.2 Å². The smallest absolute Gasteiger partial charge is 0.296 e. The fraction of sp³-hybridized carbons (Fsp3) is 0.143. The van der Waals surface area contributed by atoms with Gasteiger partial charge in [-0.15, -0.1) is 0 Å². The number of hydrogen-bond acceptors (Lipinski definition) is 4. The summed E-state index contributed by atoms with van der Waals surface area (Å²) >= 11 is 12.0. The van der Waals surface area contributed by atoms with Gasteiger partial charge >= 0.3 is 0 Å². The highest BCUT2D eigenvalue weighted by molar-refractivity contribution is 6.35. The van der Waals surface area contributed by atoms with Crippen LogP contribution in [-0.2, 0) is 0 Å². The minimum absolute atomic E-state index is 0.163. The molecule has 5 nitrogen and oxygen atoms in total. The zero-order chi connectivity index (χ0) is 15.6. The molecule has 0 aliphatic rings. The Morgan fingerprint density at radius 2 is 1.95 bits per heavy atom. The van der Waals surface area contributed by atoms with Crippen LogP contribution in [0.1, 0.15) is 18.5 Å². The van der Waals surface area contributed by atoms with Crippen molar-refractivity contribution in [2.24, 2.45) is 0 Å². The van der Waals surface area contributed by atoms with E-state index < -0.39 is 4.92 Å². The Morgan fingerprint density at radius 1 is 1.24 bits per heavy atom. The molecule has 0 aliphatic heterocycles. The van der Waals surface area contributed by atoms with Crippen LogP contribution in [0.25, 0.3) is 0 Å². The summed E-state index contributed by atoms with van der Waals surface area (Å²) in [7, 11) is 0. The van der Waals surface area contributed by atoms with E-state index in [-0.39, 0.29) is 17.5 Å². The van der Waals surface area contributed by atoms with Gasteiger partial charge in [0.15, 0.2) is 0 Å². The number of nitro groups is 1. The van der Waals surface area contributed by atoms with Crippen LogP contribution in [0.3, 0.4) is 0 Å². The summed E-state index contributed by atoms with van der Waals surface area (Å²) in [6.45, 7) is 1.83. The van der Waals surface area contributed by atoms with Gasteiger partial charge in [-0.25, -0.2) is 0 Å². The Hall–Kier alpha value is -1.98. The van der Waals surface area contributed by atoms with Gasteiger partial charge in [-0.2, -0.15) is 0 Å². The van der Waals surface area contributed by atoms with Crippen molar-refractivity contribution in [1.29, 1.82) is 0 Å². The fourth-order valence-electron chi connectivity index (χ4n) is 1.96. The number of rotatable bonds is 4. The Kier molecular flexibility index (Phi) is 4.55. The van der Waals surface area contributed by atoms with E-state index >= 15 is 0 Å². The van der Waals surface area contributed by atoms with Crippen LogP contribution in [0.4, 0.5) is 11.4 Å². The van der Waals surface area contributed by atoms with Crippen LogP contribution in [0, 0.1) is 10.1 Å². The minimum atomic E-state index is -0.557. The summed E-state index contributed by atoms with van der Waals surface area (Å²) < 4.78 is 0. The zero-order valence-corrected chi connectivity index (χ0v) is 12.5. The maximum absolute atomic E-state index is 11.0. The van der Waals surface area contributed by atoms with Gasteiger partial charge in [-0.05, 0) is 36.8 Å². The molecule has 0 aromatic heterocycles. The molecule has 2 aromatic carbocycles. The minimum Gasteiger partial charge on any atom is -0.508 e. The number of halogens is 2. The van der Waals surface area contributed by atoms with Gasteiger partial charge in [-0.3, -0.25) is 10.1 Å². The molecule has 21 heavy (non-hydrogen) atoms. The van der Waals surface area contributed by atoms with Crippen molar-refractivity contribution in [2.75, 3.05) is 5.32 Å². The molecular weight excluding hydrogens is 315 g/mol. The SMILES string of the molecule is CC(Nc1ccc(O)cc1[N+](=O)[O-])c1ccc(Cl)cc1Cl. The second-order valence-corrected chi connectivity index (χ2v) is 5.33. The number of nitrogens with one attached hydrogen (secondary N) is 1. The third kappa shape index (κ3) is 3.56. The summed E-state index contributed by atoms with van der Waals surface area (Å²) in [6, 6.07) is 8.73. The molecule has 0 saturated carbocycles. The van der Waals surface area contributed by atoms with Crippen molar-refractivity contribution in [3.8, 4) is 5.75 Å². The maximum Gasteiger partial charge on any atom is 0.296 e. The third-order valence-electron chi connectivity index (χ3n) is 2.98. The van der Waals surface area contributed by atoms with E-state index in [1.165, 1.54) is 12.1 Å². The number of phenolic OH excluding ortho intramolecular Hbond substituents is 1. The molecule has 0 fully saturated rings. The first-order valence-corrected chi connectivity index (χ1v) is 6.83. The van der Waals surface area contributed by atoms with Gasteiger partial charge in [0, 0.05) is 10.0 Å². The molecule has 0 radical (unpaired) electrons. The molecule has 0 amide bonds. The topological polar surface area (TPSA) is 75.4 Å². The van der Waals surface area contributed by atoms with E-state index in [2.05, 4.69) is 5.32 Å². The van der Waals surface area contributed by atoms with Crippen LogP contribution in [0.15, 0.2) is 36.4 Å². The Bertz CT molecular complexity index is 692. The molecule has 1 unspecified atom stereocenters. The van der Waals surface area contributed by atoms with Gasteiger partial charge < -0.3 is 10.4 Å². The van der Waals surface area contributed by atoms with Gasteiger partial charge in [0.25, 0.3) is 5.69 Å². The second kappa shape index (κ2) is 6.20. The molecular formula is C14H12Cl2N2O3. The maximum atomic E-state index is 11.0. The van der Waals surface area contributed by atoms with Gasteiger partial charge in [0.05, 0.1) is 17.0 Å². The van der Waals surface area contributed by atoms with Crippen molar-refractivity contribution >= 4 is 34.6 Å². The van der Waals surface area contributed by atoms with Crippen LogP contribution in [0.5, 0.6) is 5.75 Å². The number of nitro benzene ring substituents is 1. The van der Waals surface area contributed by atoms with Crippen molar-refractivity contribution in [2.45, 2.75) is 13.0 Å². The van der Waals surface area contributed by atoms with Crippen LogP contribution in [-0.4, -0.2) is 10.0 Å². The van der Waals surface area contributed by atoms with Gasteiger partial charge in [0.1, 0.15) is 11.4 Å². The lowest BCUT2D eigenvalue weighted by Crippen LogP contribution is -2.08. The first-order chi connectivity index (χ1) is 9.88. The van der Waals surface area contributed by atoms with Crippen LogP contribution in [0.2, 0.25) is 10.0 Å². The Balaban J connectivity index is 2.31. The fourth-order valence-corrected chi connectivity index (χ4v) is 2.53. The molecule has 0 aliphatic carbocycles. The number of benzene rings is 2. The van der Waals surface area contributed by atoms with Gasteiger partial charge in [-0.1, -0.05) is 29.3 Å².